The summed E-state index contributed by atoms with van der Waals surface area (Å²) in [5, 5.41) is 20.9. The zero-order valence-corrected chi connectivity index (χ0v) is 15.9. The van der Waals surface area contributed by atoms with Gasteiger partial charge in [-0.2, -0.15) is 5.26 Å². The van der Waals surface area contributed by atoms with Gasteiger partial charge in [-0.1, -0.05) is 54.3 Å². The molecule has 1 unspecified atom stereocenters. The standard InChI is InChI=1S/C25H20N2O2/c26-16-21-23(19-10-6-8-17(15-19)7-2-1-5-14-28)24-20-11-4-3-9-18(20)12-13-22(24)29-25(21)27/h3-4,6,8-13,15,23,28H,1,5,14,27H2. The number of ether oxygens (including phenoxy) is 1. The van der Waals surface area contributed by atoms with Crippen molar-refractivity contribution in [2.24, 2.45) is 5.73 Å². The fourth-order valence-electron chi connectivity index (χ4n) is 3.70. The van der Waals surface area contributed by atoms with E-state index in [1.165, 1.54) is 0 Å². The number of unbranched alkanes of at least 4 members (excludes halogenated alkanes) is 1. The number of fused-ring (bicyclic) bond motifs is 3. The number of nitrogens with zero attached hydrogens (tertiary/aromatic N) is 1. The second-order valence-electron chi connectivity index (χ2n) is 6.88. The highest BCUT2D eigenvalue weighted by molar-refractivity contribution is 5.90. The van der Waals surface area contributed by atoms with Crippen molar-refractivity contribution in [3.63, 3.8) is 0 Å². The van der Waals surface area contributed by atoms with Crippen molar-refractivity contribution >= 4 is 10.8 Å². The van der Waals surface area contributed by atoms with Crippen molar-refractivity contribution in [1.82, 2.24) is 0 Å². The number of hydrogen-bond acceptors (Lipinski definition) is 4. The van der Waals surface area contributed by atoms with E-state index in [9.17, 15) is 5.26 Å². The molecule has 0 saturated heterocycles. The van der Waals surface area contributed by atoms with Gasteiger partial charge in [0.1, 0.15) is 17.4 Å². The van der Waals surface area contributed by atoms with E-state index in [1.54, 1.807) is 0 Å². The Bertz CT molecular complexity index is 1210. The summed E-state index contributed by atoms with van der Waals surface area (Å²) in [6.07, 6.45) is 1.30. The van der Waals surface area contributed by atoms with Gasteiger partial charge in [0.05, 0.1) is 5.92 Å². The molecule has 0 amide bonds. The smallest absolute Gasteiger partial charge is 0.205 e. The highest BCUT2D eigenvalue weighted by atomic mass is 16.5. The molecule has 0 spiro atoms. The average Bonchev–Trinajstić information content (AvgIpc) is 2.76. The molecule has 1 atom stereocenters. The van der Waals surface area contributed by atoms with Crippen LogP contribution in [0.15, 0.2) is 72.1 Å². The Morgan fingerprint density at radius 1 is 1.07 bits per heavy atom. The molecule has 1 aliphatic heterocycles. The predicted octanol–water partition coefficient (Wildman–Crippen LogP) is 4.18. The third-order valence-electron chi connectivity index (χ3n) is 5.03. The average molecular weight is 380 g/mol. The minimum Gasteiger partial charge on any atom is -0.440 e. The first-order valence-electron chi connectivity index (χ1n) is 9.52. The first-order chi connectivity index (χ1) is 14.2. The molecule has 3 aromatic carbocycles. The second-order valence-corrected chi connectivity index (χ2v) is 6.88. The van der Waals surface area contributed by atoms with Gasteiger partial charge in [0.15, 0.2) is 0 Å². The van der Waals surface area contributed by atoms with Crippen LogP contribution in [0.5, 0.6) is 5.75 Å². The first kappa shape index (κ1) is 18.6. The summed E-state index contributed by atoms with van der Waals surface area (Å²) in [5.41, 5.74) is 9.27. The van der Waals surface area contributed by atoms with E-state index < -0.39 is 0 Å². The lowest BCUT2D eigenvalue weighted by Crippen LogP contribution is -2.21. The van der Waals surface area contributed by atoms with Crippen LogP contribution in [0.25, 0.3) is 10.8 Å². The van der Waals surface area contributed by atoms with Gasteiger partial charge in [-0.05, 0) is 41.0 Å². The Morgan fingerprint density at radius 3 is 2.76 bits per heavy atom. The molecule has 4 nitrogen and oxygen atoms in total. The van der Waals surface area contributed by atoms with E-state index in [4.69, 9.17) is 15.6 Å². The largest absolute Gasteiger partial charge is 0.440 e. The molecule has 0 fully saturated rings. The van der Waals surface area contributed by atoms with Gasteiger partial charge in [0, 0.05) is 24.2 Å². The van der Waals surface area contributed by atoms with E-state index in [-0.39, 0.29) is 18.4 Å². The maximum Gasteiger partial charge on any atom is 0.205 e. The Morgan fingerprint density at radius 2 is 1.93 bits per heavy atom. The van der Waals surface area contributed by atoms with Crippen LogP contribution in [0.1, 0.15) is 35.4 Å². The third kappa shape index (κ3) is 3.55. The molecule has 29 heavy (non-hydrogen) atoms. The monoisotopic (exact) mass is 380 g/mol. The molecule has 4 heteroatoms. The maximum absolute atomic E-state index is 9.84. The summed E-state index contributed by atoms with van der Waals surface area (Å²) in [6.45, 7) is 0.135. The Labute approximate surface area is 169 Å². The number of allylic oxidation sites excluding steroid dienone is 1. The zero-order chi connectivity index (χ0) is 20.2. The van der Waals surface area contributed by atoms with Crippen LogP contribution < -0.4 is 10.5 Å². The number of rotatable bonds is 3. The fraction of sp³-hybridized carbons (Fsp3) is 0.160. The van der Waals surface area contributed by atoms with Gasteiger partial charge < -0.3 is 15.6 Å². The van der Waals surface area contributed by atoms with E-state index in [0.717, 1.165) is 27.5 Å². The molecule has 142 valence electrons. The number of nitrogens with two attached hydrogens (primary N) is 1. The normalized spacial score (nSPS) is 15.1. The number of aliphatic hydroxyl groups excluding tert-OH is 1. The maximum atomic E-state index is 9.84. The molecular weight excluding hydrogens is 360 g/mol. The molecule has 0 aliphatic carbocycles. The van der Waals surface area contributed by atoms with Crippen LogP contribution in [-0.4, -0.2) is 11.7 Å². The predicted molar refractivity (Wildman–Crippen MR) is 113 cm³/mol. The Hall–Kier alpha value is -3.73. The number of aliphatic hydroxyl groups is 1. The molecule has 4 rings (SSSR count). The molecule has 3 N–H and O–H groups in total. The van der Waals surface area contributed by atoms with Crippen molar-refractivity contribution < 1.29 is 9.84 Å². The van der Waals surface area contributed by atoms with Crippen LogP contribution in [-0.2, 0) is 0 Å². The van der Waals surface area contributed by atoms with Crippen LogP contribution in [0.2, 0.25) is 0 Å². The van der Waals surface area contributed by atoms with Gasteiger partial charge in [-0.3, -0.25) is 0 Å². The summed E-state index contributed by atoms with van der Waals surface area (Å²) in [6, 6.07) is 22.1. The lowest BCUT2D eigenvalue weighted by atomic mass is 9.81. The molecule has 0 aromatic heterocycles. The topological polar surface area (TPSA) is 79.3 Å². The van der Waals surface area contributed by atoms with Crippen molar-refractivity contribution in [1.29, 1.82) is 5.26 Å². The fourth-order valence-corrected chi connectivity index (χ4v) is 3.70. The summed E-state index contributed by atoms with van der Waals surface area (Å²) in [4.78, 5) is 0. The van der Waals surface area contributed by atoms with Gasteiger partial charge in [-0.25, -0.2) is 0 Å². The van der Waals surface area contributed by atoms with Crippen molar-refractivity contribution in [2.75, 3.05) is 6.61 Å². The third-order valence-corrected chi connectivity index (χ3v) is 5.03. The second kappa shape index (κ2) is 8.10. The quantitative estimate of drug-likeness (QED) is 0.528. The van der Waals surface area contributed by atoms with E-state index >= 15 is 0 Å². The van der Waals surface area contributed by atoms with Crippen molar-refractivity contribution in [2.45, 2.75) is 18.8 Å². The van der Waals surface area contributed by atoms with E-state index in [1.807, 2.05) is 60.7 Å². The van der Waals surface area contributed by atoms with E-state index in [0.29, 0.717) is 24.2 Å². The SMILES string of the molecule is N#CC1=C(N)Oc2ccc3ccccc3c2C1c1cccc(C#CCCCO)c1. The molecule has 1 heterocycles. The van der Waals surface area contributed by atoms with Gasteiger partial charge in [0.2, 0.25) is 5.88 Å². The van der Waals surface area contributed by atoms with Crippen molar-refractivity contribution in [3.05, 3.63) is 88.8 Å². The van der Waals surface area contributed by atoms with E-state index in [2.05, 4.69) is 17.9 Å². The highest BCUT2D eigenvalue weighted by Gasteiger charge is 2.32. The molecule has 0 radical (unpaired) electrons. The summed E-state index contributed by atoms with van der Waals surface area (Å²) in [7, 11) is 0. The summed E-state index contributed by atoms with van der Waals surface area (Å²) in [5.74, 6) is 6.71. The number of hydrogen-bond donors (Lipinski definition) is 2. The van der Waals surface area contributed by atoms with Crippen LogP contribution in [0.4, 0.5) is 0 Å². The number of benzene rings is 3. The molecule has 3 aromatic rings. The molecule has 1 aliphatic rings. The molecular formula is C25H20N2O2. The Kier molecular flexibility index (Phi) is 5.20. The minimum atomic E-state index is -0.325. The Balaban J connectivity index is 1.88. The lowest BCUT2D eigenvalue weighted by Gasteiger charge is -2.28. The highest BCUT2D eigenvalue weighted by Crippen LogP contribution is 2.45. The van der Waals surface area contributed by atoms with Gasteiger partial charge in [-0.15, -0.1) is 0 Å². The van der Waals surface area contributed by atoms with Crippen LogP contribution in [0.3, 0.4) is 0 Å². The van der Waals surface area contributed by atoms with Gasteiger partial charge >= 0.3 is 0 Å². The molecule has 0 saturated carbocycles. The van der Waals surface area contributed by atoms with Crippen molar-refractivity contribution in [3.8, 4) is 23.7 Å². The summed E-state index contributed by atoms with van der Waals surface area (Å²) < 4.78 is 5.80. The first-order valence-corrected chi connectivity index (χ1v) is 9.52. The van der Waals surface area contributed by atoms with Crippen LogP contribution >= 0.6 is 0 Å². The molecule has 0 bridgehead atoms. The minimum absolute atomic E-state index is 0.135. The summed E-state index contributed by atoms with van der Waals surface area (Å²) >= 11 is 0. The zero-order valence-electron chi connectivity index (χ0n) is 15.9. The van der Waals surface area contributed by atoms with Gasteiger partial charge in [0.25, 0.3) is 0 Å². The van der Waals surface area contributed by atoms with Crippen LogP contribution in [0, 0.1) is 23.2 Å². The lowest BCUT2D eigenvalue weighted by molar-refractivity contribution is 0.290. The number of nitriles is 1.